The number of amides is 3. The fourth-order valence-electron chi connectivity index (χ4n) is 5.61. The summed E-state index contributed by atoms with van der Waals surface area (Å²) in [5, 5.41) is 4.73. The van der Waals surface area contributed by atoms with E-state index in [1.165, 1.54) is 0 Å². The Morgan fingerprint density at radius 2 is 1.87 bits per heavy atom. The minimum Gasteiger partial charge on any atom is -0.356 e. The number of aromatic nitrogens is 1. The molecular weight excluding hydrogens is 558 g/mol. The highest BCUT2D eigenvalue weighted by Gasteiger charge is 2.50. The van der Waals surface area contributed by atoms with Gasteiger partial charge in [0.1, 0.15) is 18.3 Å². The SMILES string of the molecule is O=C1NCC[C@H]1C[C@H](NC(=O)[C@@H]1[C@H]2CCCC[C@H]2CN1C(=O)c1csc(C(F)(F)F)n1)C(=O)COC(F)(F)F. The number of fused-ring (bicyclic) bond motifs is 1. The van der Waals surface area contributed by atoms with Gasteiger partial charge in [-0.3, -0.25) is 23.9 Å². The number of nitrogens with one attached hydrogen (secondary N) is 2. The maximum Gasteiger partial charge on any atom is 0.522 e. The summed E-state index contributed by atoms with van der Waals surface area (Å²) >= 11 is 0.246. The van der Waals surface area contributed by atoms with Crippen molar-refractivity contribution in [2.24, 2.45) is 17.8 Å². The van der Waals surface area contributed by atoms with Gasteiger partial charge in [0.2, 0.25) is 11.8 Å². The molecule has 3 aliphatic rings. The van der Waals surface area contributed by atoms with E-state index in [9.17, 15) is 45.5 Å². The van der Waals surface area contributed by atoms with E-state index in [0.29, 0.717) is 25.8 Å². The van der Waals surface area contributed by atoms with Crippen molar-refractivity contribution in [1.29, 1.82) is 0 Å². The monoisotopic (exact) mass is 584 g/mol. The first-order chi connectivity index (χ1) is 18.2. The first-order valence-electron chi connectivity index (χ1n) is 12.4. The molecule has 1 aliphatic carbocycles. The minimum atomic E-state index is -5.10. The van der Waals surface area contributed by atoms with Crippen LogP contribution in [0.15, 0.2) is 5.38 Å². The van der Waals surface area contributed by atoms with E-state index < -0.39 is 71.4 Å². The Hall–Kier alpha value is -2.75. The number of alkyl halides is 6. The third-order valence-corrected chi connectivity index (χ3v) is 8.29. The largest absolute Gasteiger partial charge is 0.522 e. The van der Waals surface area contributed by atoms with Crippen LogP contribution in [0.5, 0.6) is 0 Å². The van der Waals surface area contributed by atoms with Gasteiger partial charge in [0.05, 0.1) is 6.04 Å². The van der Waals surface area contributed by atoms with Crippen LogP contribution in [0.3, 0.4) is 0 Å². The predicted octanol–water partition coefficient (Wildman–Crippen LogP) is 2.91. The van der Waals surface area contributed by atoms with E-state index in [-0.39, 0.29) is 36.1 Å². The highest BCUT2D eigenvalue weighted by molar-refractivity contribution is 7.10. The lowest BCUT2D eigenvalue weighted by molar-refractivity contribution is -0.321. The molecule has 2 aliphatic heterocycles. The molecule has 3 heterocycles. The first kappa shape index (κ1) is 29.2. The summed E-state index contributed by atoms with van der Waals surface area (Å²) < 4.78 is 80.5. The molecular formula is C23H26F6N4O5S. The molecule has 0 radical (unpaired) electrons. The zero-order chi connectivity index (χ0) is 28.5. The molecule has 3 fully saturated rings. The van der Waals surface area contributed by atoms with Crippen LogP contribution in [0.2, 0.25) is 0 Å². The third-order valence-electron chi connectivity index (χ3n) is 7.40. The molecule has 1 saturated carbocycles. The number of ketones is 1. The zero-order valence-corrected chi connectivity index (χ0v) is 21.3. The maximum atomic E-state index is 13.6. The lowest BCUT2D eigenvalue weighted by Gasteiger charge is -2.31. The second kappa shape index (κ2) is 11.4. The second-order valence-electron chi connectivity index (χ2n) is 9.92. The summed E-state index contributed by atoms with van der Waals surface area (Å²) in [6.45, 7) is -0.998. The summed E-state index contributed by atoms with van der Waals surface area (Å²) in [5.41, 5.74) is -0.474. The standard InChI is InChI=1S/C23H26F6N4O5S/c24-22(25,26)21-32-15(10-39-21)20(37)33-8-12-3-1-2-4-13(12)17(33)19(36)31-14(7-11-5-6-30-18(11)35)16(34)9-38-23(27,28)29/h10-14,17H,1-9H2,(H,30,35)(H,31,36)/t11-,12-,13-,14-,17-/m0/s1. The first-order valence-corrected chi connectivity index (χ1v) is 13.3. The summed E-state index contributed by atoms with van der Waals surface area (Å²) in [6, 6.07) is -2.68. The number of hydrogen-bond donors (Lipinski definition) is 2. The molecule has 0 spiro atoms. The highest BCUT2D eigenvalue weighted by atomic mass is 32.1. The number of rotatable bonds is 8. The molecule has 0 unspecified atom stereocenters. The number of nitrogens with zero attached hydrogens (tertiary/aromatic N) is 2. The van der Waals surface area contributed by atoms with Crippen molar-refractivity contribution in [3.8, 4) is 0 Å². The van der Waals surface area contributed by atoms with E-state index in [1.54, 1.807) is 0 Å². The van der Waals surface area contributed by atoms with Gasteiger partial charge in [-0.05, 0) is 37.5 Å². The smallest absolute Gasteiger partial charge is 0.356 e. The maximum absolute atomic E-state index is 13.6. The zero-order valence-electron chi connectivity index (χ0n) is 20.4. The number of likely N-dealkylation sites (tertiary alicyclic amines) is 1. The topological polar surface area (TPSA) is 118 Å². The number of thiazole rings is 1. The highest BCUT2D eigenvalue weighted by Crippen LogP contribution is 2.42. The molecule has 9 nitrogen and oxygen atoms in total. The lowest BCUT2D eigenvalue weighted by atomic mass is 9.78. The van der Waals surface area contributed by atoms with Crippen LogP contribution in [0.1, 0.15) is 54.0 Å². The average Bonchev–Trinajstić information content (AvgIpc) is 3.59. The van der Waals surface area contributed by atoms with Crippen LogP contribution < -0.4 is 10.6 Å². The number of Topliss-reactive ketones (excluding diaryl/α,β-unsaturated/α-hetero) is 1. The van der Waals surface area contributed by atoms with Gasteiger partial charge in [0.15, 0.2) is 10.8 Å². The van der Waals surface area contributed by atoms with Gasteiger partial charge in [0.25, 0.3) is 5.91 Å². The fourth-order valence-corrected chi connectivity index (χ4v) is 6.27. The molecule has 0 aromatic carbocycles. The quantitative estimate of drug-likeness (QED) is 0.454. The summed E-state index contributed by atoms with van der Waals surface area (Å²) in [4.78, 5) is 56.1. The van der Waals surface area contributed by atoms with E-state index in [0.717, 1.165) is 23.1 Å². The molecule has 4 rings (SSSR count). The summed E-state index contributed by atoms with van der Waals surface area (Å²) in [5.74, 6) is -4.44. The van der Waals surface area contributed by atoms with Crippen LogP contribution in [-0.2, 0) is 25.3 Å². The summed E-state index contributed by atoms with van der Waals surface area (Å²) in [7, 11) is 0. The van der Waals surface area contributed by atoms with Crippen molar-refractivity contribution in [1.82, 2.24) is 20.5 Å². The Kier molecular flexibility index (Phi) is 8.54. The molecule has 216 valence electrons. The number of carbonyl (C=O) groups excluding carboxylic acids is 4. The molecule has 1 aromatic heterocycles. The van der Waals surface area contributed by atoms with Gasteiger partial charge >= 0.3 is 12.5 Å². The minimum absolute atomic E-state index is 0.0846. The number of carbonyl (C=O) groups is 4. The van der Waals surface area contributed by atoms with Crippen LogP contribution in [-0.4, -0.2) is 71.5 Å². The molecule has 2 saturated heterocycles. The van der Waals surface area contributed by atoms with Gasteiger partial charge in [-0.2, -0.15) is 13.2 Å². The molecule has 16 heteroatoms. The van der Waals surface area contributed by atoms with Gasteiger partial charge in [-0.15, -0.1) is 24.5 Å². The Morgan fingerprint density at radius 1 is 1.15 bits per heavy atom. The van der Waals surface area contributed by atoms with Crippen LogP contribution >= 0.6 is 11.3 Å². The molecule has 2 N–H and O–H groups in total. The van der Waals surface area contributed by atoms with Crippen LogP contribution in [0.4, 0.5) is 26.3 Å². The molecule has 39 heavy (non-hydrogen) atoms. The van der Waals surface area contributed by atoms with Gasteiger partial charge < -0.3 is 15.5 Å². The van der Waals surface area contributed by atoms with E-state index in [2.05, 4.69) is 20.4 Å². The molecule has 3 amide bonds. The lowest BCUT2D eigenvalue weighted by Crippen LogP contribution is -2.54. The van der Waals surface area contributed by atoms with E-state index in [4.69, 9.17) is 0 Å². The molecule has 0 bridgehead atoms. The third kappa shape index (κ3) is 6.88. The van der Waals surface area contributed by atoms with E-state index >= 15 is 0 Å². The molecule has 5 atom stereocenters. The Labute approximate surface area is 222 Å². The second-order valence-corrected chi connectivity index (χ2v) is 10.8. The van der Waals surface area contributed by atoms with Crippen LogP contribution in [0.25, 0.3) is 0 Å². The molecule has 1 aromatic rings. The number of hydrogen-bond acceptors (Lipinski definition) is 7. The Morgan fingerprint density at radius 3 is 2.49 bits per heavy atom. The Balaban J connectivity index is 1.56. The van der Waals surface area contributed by atoms with Crippen molar-refractivity contribution in [3.05, 3.63) is 16.1 Å². The van der Waals surface area contributed by atoms with Crippen molar-refractivity contribution < 1.29 is 50.3 Å². The van der Waals surface area contributed by atoms with E-state index in [1.807, 2.05) is 0 Å². The van der Waals surface area contributed by atoms with Crippen molar-refractivity contribution in [3.63, 3.8) is 0 Å². The van der Waals surface area contributed by atoms with Gasteiger partial charge in [-0.25, -0.2) is 4.98 Å². The predicted molar refractivity (Wildman–Crippen MR) is 122 cm³/mol. The average molecular weight is 585 g/mol. The van der Waals surface area contributed by atoms with Crippen molar-refractivity contribution >= 4 is 34.8 Å². The van der Waals surface area contributed by atoms with Crippen molar-refractivity contribution in [2.75, 3.05) is 19.7 Å². The van der Waals surface area contributed by atoms with Gasteiger partial charge in [0, 0.05) is 24.4 Å². The fraction of sp³-hybridized carbons (Fsp3) is 0.696. The number of ether oxygens (including phenoxy) is 1. The van der Waals surface area contributed by atoms with Crippen molar-refractivity contribution in [2.45, 2.75) is 63.1 Å². The Bertz CT molecular complexity index is 1110. The normalized spacial score (nSPS) is 26.2. The van der Waals surface area contributed by atoms with Crippen LogP contribution in [0, 0.1) is 17.8 Å². The summed E-state index contributed by atoms with van der Waals surface area (Å²) in [6.07, 6.45) is -7.02. The number of halogens is 6. The van der Waals surface area contributed by atoms with Gasteiger partial charge in [-0.1, -0.05) is 12.8 Å².